The Labute approximate surface area is 91.0 Å². The van der Waals surface area contributed by atoms with Gasteiger partial charge in [0.1, 0.15) is 5.75 Å². The molecule has 0 spiro atoms. The lowest BCUT2D eigenvalue weighted by Gasteiger charge is -2.13. The van der Waals surface area contributed by atoms with E-state index in [0.29, 0.717) is 6.04 Å². The Morgan fingerprint density at radius 3 is 3.27 bits per heavy atom. The number of ether oxygens (including phenoxy) is 1. The highest BCUT2D eigenvalue weighted by Crippen LogP contribution is 2.27. The highest BCUT2D eigenvalue weighted by Gasteiger charge is 2.13. The largest absolute Gasteiger partial charge is 0.493 e. The summed E-state index contributed by atoms with van der Waals surface area (Å²) >= 11 is 0. The van der Waals surface area contributed by atoms with Crippen LogP contribution >= 0.6 is 0 Å². The third kappa shape index (κ3) is 2.21. The van der Waals surface area contributed by atoms with E-state index >= 15 is 0 Å². The second-order valence-electron chi connectivity index (χ2n) is 3.88. The molecule has 0 amide bonds. The van der Waals surface area contributed by atoms with E-state index < -0.39 is 0 Å². The molecule has 80 valence electrons. The quantitative estimate of drug-likeness (QED) is 0.759. The fourth-order valence-corrected chi connectivity index (χ4v) is 1.85. The normalized spacial score (nSPS) is 15.5. The van der Waals surface area contributed by atoms with E-state index in [1.165, 1.54) is 11.1 Å². The molecule has 15 heavy (non-hydrogen) atoms. The third-order valence-corrected chi connectivity index (χ3v) is 2.78. The minimum atomic E-state index is 0.369. The van der Waals surface area contributed by atoms with Gasteiger partial charge in [-0.15, -0.1) is 6.58 Å². The molecule has 0 aromatic heterocycles. The molecule has 1 aromatic rings. The van der Waals surface area contributed by atoms with Gasteiger partial charge in [-0.25, -0.2) is 0 Å². The molecule has 2 heteroatoms. The Balaban J connectivity index is 2.11. The van der Waals surface area contributed by atoms with Crippen molar-refractivity contribution < 1.29 is 4.74 Å². The maximum Gasteiger partial charge on any atom is 0.122 e. The summed E-state index contributed by atoms with van der Waals surface area (Å²) in [6, 6.07) is 6.81. The molecule has 1 aliphatic heterocycles. The maximum absolute atomic E-state index is 5.48. The van der Waals surface area contributed by atoms with Crippen molar-refractivity contribution in [1.82, 2.24) is 5.32 Å². The number of rotatable bonds is 4. The lowest BCUT2D eigenvalue weighted by molar-refractivity contribution is 0.357. The molecule has 1 atom stereocenters. The van der Waals surface area contributed by atoms with Crippen molar-refractivity contribution >= 4 is 0 Å². The average Bonchev–Trinajstić information content (AvgIpc) is 2.72. The molecule has 1 aromatic carbocycles. The van der Waals surface area contributed by atoms with Crippen LogP contribution in [0.4, 0.5) is 0 Å². The molecule has 0 bridgehead atoms. The van der Waals surface area contributed by atoms with Crippen molar-refractivity contribution in [2.75, 3.05) is 13.2 Å². The zero-order chi connectivity index (χ0) is 10.7. The summed E-state index contributed by atoms with van der Waals surface area (Å²) in [5.41, 5.74) is 2.65. The lowest BCUT2D eigenvalue weighted by atomic mass is 10.0. The Morgan fingerprint density at radius 2 is 2.47 bits per heavy atom. The number of hydrogen-bond donors (Lipinski definition) is 1. The molecule has 2 rings (SSSR count). The minimum Gasteiger partial charge on any atom is -0.493 e. The summed E-state index contributed by atoms with van der Waals surface area (Å²) in [5, 5.41) is 3.38. The van der Waals surface area contributed by atoms with E-state index in [2.05, 4.69) is 37.0 Å². The summed E-state index contributed by atoms with van der Waals surface area (Å²) in [6.07, 6.45) is 2.92. The maximum atomic E-state index is 5.48. The van der Waals surface area contributed by atoms with Crippen LogP contribution in [-0.2, 0) is 6.42 Å². The Bertz CT molecular complexity index is 360. The van der Waals surface area contributed by atoms with Crippen molar-refractivity contribution in [3.05, 3.63) is 42.0 Å². The van der Waals surface area contributed by atoms with Gasteiger partial charge < -0.3 is 10.1 Å². The standard InChI is InChI=1S/C13H17NO/c1-3-7-14-10(2)11-4-5-13-12(9-11)6-8-15-13/h3-5,9-10,14H,1,6-8H2,2H3. The van der Waals surface area contributed by atoms with Crippen molar-refractivity contribution in [2.24, 2.45) is 0 Å². The van der Waals surface area contributed by atoms with Crippen molar-refractivity contribution in [3.63, 3.8) is 0 Å². The molecule has 0 saturated carbocycles. The predicted octanol–water partition coefficient (Wildman–Crippen LogP) is 2.46. The summed E-state index contributed by atoms with van der Waals surface area (Å²) in [7, 11) is 0. The van der Waals surface area contributed by atoms with Gasteiger partial charge in [-0.3, -0.25) is 0 Å². The van der Waals surface area contributed by atoms with E-state index in [1.807, 2.05) is 6.08 Å². The topological polar surface area (TPSA) is 21.3 Å². The van der Waals surface area contributed by atoms with Crippen LogP contribution < -0.4 is 10.1 Å². The van der Waals surface area contributed by atoms with Gasteiger partial charge in [0.25, 0.3) is 0 Å². The molecule has 1 aliphatic rings. The first-order valence-corrected chi connectivity index (χ1v) is 5.41. The molecular weight excluding hydrogens is 186 g/mol. The summed E-state index contributed by atoms with van der Waals surface area (Å²) in [6.45, 7) is 7.54. The van der Waals surface area contributed by atoms with Gasteiger partial charge >= 0.3 is 0 Å². The number of nitrogens with one attached hydrogen (secondary N) is 1. The van der Waals surface area contributed by atoms with Crippen LogP contribution in [0.15, 0.2) is 30.9 Å². The van der Waals surface area contributed by atoms with Crippen LogP contribution in [0.1, 0.15) is 24.1 Å². The highest BCUT2D eigenvalue weighted by atomic mass is 16.5. The van der Waals surface area contributed by atoms with Crippen molar-refractivity contribution in [2.45, 2.75) is 19.4 Å². The van der Waals surface area contributed by atoms with Crippen LogP contribution in [-0.4, -0.2) is 13.2 Å². The van der Waals surface area contributed by atoms with Crippen LogP contribution in [0.2, 0.25) is 0 Å². The number of fused-ring (bicyclic) bond motifs is 1. The van der Waals surface area contributed by atoms with E-state index in [9.17, 15) is 0 Å². The summed E-state index contributed by atoms with van der Waals surface area (Å²) in [5.74, 6) is 1.05. The first-order chi connectivity index (χ1) is 7.31. The van der Waals surface area contributed by atoms with Crippen LogP contribution in [0, 0.1) is 0 Å². The SMILES string of the molecule is C=CCNC(C)c1ccc2c(c1)CCO2. The number of hydrogen-bond acceptors (Lipinski definition) is 2. The third-order valence-electron chi connectivity index (χ3n) is 2.78. The lowest BCUT2D eigenvalue weighted by Crippen LogP contribution is -2.18. The summed E-state index contributed by atoms with van der Waals surface area (Å²) in [4.78, 5) is 0. The van der Waals surface area contributed by atoms with E-state index in [1.54, 1.807) is 0 Å². The van der Waals surface area contributed by atoms with Gasteiger partial charge in [-0.1, -0.05) is 18.2 Å². The van der Waals surface area contributed by atoms with E-state index in [-0.39, 0.29) is 0 Å². The second-order valence-corrected chi connectivity index (χ2v) is 3.88. The van der Waals surface area contributed by atoms with Gasteiger partial charge in [-0.2, -0.15) is 0 Å². The van der Waals surface area contributed by atoms with Crippen molar-refractivity contribution in [3.8, 4) is 5.75 Å². The van der Waals surface area contributed by atoms with Crippen molar-refractivity contribution in [1.29, 1.82) is 0 Å². The molecule has 0 fully saturated rings. The zero-order valence-corrected chi connectivity index (χ0v) is 9.12. The molecule has 2 nitrogen and oxygen atoms in total. The average molecular weight is 203 g/mol. The summed E-state index contributed by atoms with van der Waals surface area (Å²) < 4.78 is 5.48. The van der Waals surface area contributed by atoms with E-state index in [0.717, 1.165) is 25.3 Å². The molecule has 0 radical (unpaired) electrons. The first kappa shape index (κ1) is 10.2. The molecule has 1 heterocycles. The second kappa shape index (κ2) is 4.49. The van der Waals surface area contributed by atoms with Crippen LogP contribution in [0.5, 0.6) is 5.75 Å². The molecule has 0 saturated heterocycles. The van der Waals surface area contributed by atoms with Gasteiger partial charge in [0.2, 0.25) is 0 Å². The Hall–Kier alpha value is -1.28. The predicted molar refractivity (Wildman–Crippen MR) is 62.3 cm³/mol. The minimum absolute atomic E-state index is 0.369. The van der Waals surface area contributed by atoms with Gasteiger partial charge in [-0.05, 0) is 24.1 Å². The highest BCUT2D eigenvalue weighted by molar-refractivity contribution is 5.40. The van der Waals surface area contributed by atoms with Gasteiger partial charge in [0.15, 0.2) is 0 Å². The molecule has 1 N–H and O–H groups in total. The smallest absolute Gasteiger partial charge is 0.122 e. The van der Waals surface area contributed by atoms with Gasteiger partial charge in [0.05, 0.1) is 6.61 Å². The monoisotopic (exact) mass is 203 g/mol. The Morgan fingerprint density at radius 1 is 1.60 bits per heavy atom. The fourth-order valence-electron chi connectivity index (χ4n) is 1.85. The molecule has 1 unspecified atom stereocenters. The molecular formula is C13H17NO. The van der Waals surface area contributed by atoms with Crippen LogP contribution in [0.3, 0.4) is 0 Å². The Kier molecular flexibility index (Phi) is 3.07. The zero-order valence-electron chi connectivity index (χ0n) is 9.12. The van der Waals surface area contributed by atoms with Crippen LogP contribution in [0.25, 0.3) is 0 Å². The number of benzene rings is 1. The fraction of sp³-hybridized carbons (Fsp3) is 0.385. The molecule has 0 aliphatic carbocycles. The van der Waals surface area contributed by atoms with Gasteiger partial charge in [0, 0.05) is 19.0 Å². The van der Waals surface area contributed by atoms with E-state index in [4.69, 9.17) is 4.74 Å². The first-order valence-electron chi connectivity index (χ1n) is 5.41.